The molecule has 0 atom stereocenters. The van der Waals surface area contributed by atoms with Crippen molar-refractivity contribution in [2.75, 3.05) is 12.0 Å². The summed E-state index contributed by atoms with van der Waals surface area (Å²) in [5.74, 6) is -0.145. The number of carbonyl (C=O) groups is 2. The maximum absolute atomic E-state index is 13.8. The van der Waals surface area contributed by atoms with E-state index >= 15 is 0 Å². The number of benzene rings is 4. The van der Waals surface area contributed by atoms with Crippen LogP contribution in [0.4, 0.5) is 11.4 Å². The number of carboxylic acid groups (broad SMARTS) is 1. The standard InChI is InChI=1S/C35H32N2O5S/c1-4-23-9-14-28(15-10-23)36-35-37(29-16-11-24(5-2)12-17-29)33(38)32(43-35)21-25-13-18-30(31(20-25)41-3)42-22-26-7-6-8-27(19-26)34(39)40/h6-21H,4-5,22H2,1-3H3,(H,39,40)/b32-21-,36-35?. The zero-order chi connectivity index (χ0) is 30.3. The zero-order valence-electron chi connectivity index (χ0n) is 24.2. The molecule has 0 unspecified atom stereocenters. The normalized spacial score (nSPS) is 14.9. The molecule has 1 aliphatic heterocycles. The van der Waals surface area contributed by atoms with Crippen LogP contribution in [0.25, 0.3) is 6.08 Å². The number of amides is 1. The average Bonchev–Trinajstić information content (AvgIpc) is 3.34. The number of carbonyl (C=O) groups excluding carboxylic acids is 1. The van der Waals surface area contributed by atoms with Crippen LogP contribution in [0.2, 0.25) is 0 Å². The molecule has 0 aromatic heterocycles. The molecule has 4 aromatic rings. The maximum atomic E-state index is 13.8. The Morgan fingerprint density at radius 1 is 0.884 bits per heavy atom. The first-order chi connectivity index (χ1) is 20.9. The molecule has 1 saturated heterocycles. The van der Waals surface area contributed by atoms with E-state index in [1.54, 1.807) is 36.3 Å². The molecule has 1 N–H and O–H groups in total. The number of methoxy groups -OCH3 is 1. The SMILES string of the molecule is CCc1ccc(N=C2S/C(=C\c3ccc(OCc4cccc(C(=O)O)c4)c(OC)c3)C(=O)N2c2ccc(CC)cc2)cc1. The fourth-order valence-electron chi connectivity index (χ4n) is 4.57. The minimum Gasteiger partial charge on any atom is -0.493 e. The Morgan fingerprint density at radius 2 is 1.58 bits per heavy atom. The average molecular weight is 593 g/mol. The van der Waals surface area contributed by atoms with Crippen LogP contribution in [0.5, 0.6) is 11.5 Å². The Hall–Kier alpha value is -4.82. The smallest absolute Gasteiger partial charge is 0.335 e. The summed E-state index contributed by atoms with van der Waals surface area (Å²) in [6, 6.07) is 28.1. The van der Waals surface area contributed by atoms with Crippen molar-refractivity contribution in [3.05, 3.63) is 124 Å². The van der Waals surface area contributed by atoms with E-state index in [0.717, 1.165) is 35.3 Å². The lowest BCUT2D eigenvalue weighted by atomic mass is 10.1. The summed E-state index contributed by atoms with van der Waals surface area (Å²) in [5.41, 5.74) is 5.65. The Morgan fingerprint density at radius 3 is 2.23 bits per heavy atom. The summed E-state index contributed by atoms with van der Waals surface area (Å²) in [6.07, 6.45) is 3.68. The van der Waals surface area contributed by atoms with Crippen LogP contribution >= 0.6 is 11.8 Å². The van der Waals surface area contributed by atoms with Crippen LogP contribution in [0.15, 0.2) is 101 Å². The van der Waals surface area contributed by atoms with Crippen molar-refractivity contribution in [1.82, 2.24) is 0 Å². The number of aromatic carboxylic acids is 1. The second kappa shape index (κ2) is 13.4. The second-order valence-electron chi connectivity index (χ2n) is 9.89. The van der Waals surface area contributed by atoms with Crippen molar-refractivity contribution in [2.24, 2.45) is 4.99 Å². The van der Waals surface area contributed by atoms with Gasteiger partial charge >= 0.3 is 5.97 Å². The molecule has 1 heterocycles. The predicted molar refractivity (Wildman–Crippen MR) is 173 cm³/mol. The van der Waals surface area contributed by atoms with Crippen molar-refractivity contribution in [2.45, 2.75) is 33.3 Å². The fraction of sp³-hybridized carbons (Fsp3) is 0.171. The molecule has 43 heavy (non-hydrogen) atoms. The lowest BCUT2D eigenvalue weighted by Crippen LogP contribution is -2.28. The van der Waals surface area contributed by atoms with Crippen LogP contribution in [0.3, 0.4) is 0 Å². The summed E-state index contributed by atoms with van der Waals surface area (Å²) in [4.78, 5) is 32.1. The highest BCUT2D eigenvalue weighted by atomic mass is 32.2. The number of aryl methyl sites for hydroxylation is 2. The van der Waals surface area contributed by atoms with Crippen LogP contribution in [-0.2, 0) is 24.2 Å². The molecule has 1 fully saturated rings. The van der Waals surface area contributed by atoms with Gasteiger partial charge in [0.2, 0.25) is 0 Å². The van der Waals surface area contributed by atoms with Crippen LogP contribution < -0.4 is 14.4 Å². The van der Waals surface area contributed by atoms with Gasteiger partial charge in [-0.1, -0.05) is 56.3 Å². The van der Waals surface area contributed by atoms with Crippen LogP contribution in [0, 0.1) is 0 Å². The van der Waals surface area contributed by atoms with E-state index < -0.39 is 5.97 Å². The molecule has 218 valence electrons. The van der Waals surface area contributed by atoms with Gasteiger partial charge in [0.25, 0.3) is 5.91 Å². The Bertz CT molecular complexity index is 1690. The van der Waals surface area contributed by atoms with E-state index in [-0.39, 0.29) is 18.1 Å². The minimum atomic E-state index is -0.990. The number of thioether (sulfide) groups is 1. The van der Waals surface area contributed by atoms with Crippen molar-refractivity contribution in [3.63, 3.8) is 0 Å². The van der Waals surface area contributed by atoms with Gasteiger partial charge in [-0.15, -0.1) is 0 Å². The summed E-state index contributed by atoms with van der Waals surface area (Å²) < 4.78 is 11.5. The van der Waals surface area contributed by atoms with Gasteiger partial charge in [-0.2, -0.15) is 0 Å². The van der Waals surface area contributed by atoms with Gasteiger partial charge < -0.3 is 14.6 Å². The van der Waals surface area contributed by atoms with Gasteiger partial charge in [0.1, 0.15) is 6.61 Å². The lowest BCUT2D eigenvalue weighted by molar-refractivity contribution is -0.113. The number of aliphatic imine (C=N–C) groups is 1. The Balaban J connectivity index is 1.42. The molecule has 0 bridgehead atoms. The van der Waals surface area contributed by atoms with Gasteiger partial charge in [-0.25, -0.2) is 9.79 Å². The molecule has 7 nitrogen and oxygen atoms in total. The number of anilines is 1. The zero-order valence-corrected chi connectivity index (χ0v) is 25.1. The predicted octanol–water partition coefficient (Wildman–Crippen LogP) is 7.91. The molecule has 1 aliphatic rings. The lowest BCUT2D eigenvalue weighted by Gasteiger charge is -2.16. The first-order valence-corrected chi connectivity index (χ1v) is 14.8. The van der Waals surface area contributed by atoms with Crippen LogP contribution in [0.1, 0.15) is 46.5 Å². The highest BCUT2D eigenvalue weighted by molar-refractivity contribution is 8.19. The Labute approximate surface area is 255 Å². The fourth-order valence-corrected chi connectivity index (χ4v) is 5.57. The van der Waals surface area contributed by atoms with Gasteiger partial charge in [-0.05, 0) is 101 Å². The third kappa shape index (κ3) is 6.98. The maximum Gasteiger partial charge on any atom is 0.335 e. The topological polar surface area (TPSA) is 88.4 Å². The summed E-state index contributed by atoms with van der Waals surface area (Å²) in [6.45, 7) is 4.39. The van der Waals surface area contributed by atoms with E-state index in [1.165, 1.54) is 29.0 Å². The number of hydrogen-bond donors (Lipinski definition) is 1. The molecule has 0 radical (unpaired) electrons. The van der Waals surface area contributed by atoms with Crippen molar-refractivity contribution < 1.29 is 24.2 Å². The number of nitrogens with zero attached hydrogens (tertiary/aromatic N) is 2. The number of rotatable bonds is 10. The van der Waals surface area contributed by atoms with E-state index in [0.29, 0.717) is 21.6 Å². The molecule has 5 rings (SSSR count). The van der Waals surface area contributed by atoms with E-state index in [2.05, 4.69) is 26.0 Å². The third-order valence-corrected chi connectivity index (χ3v) is 8.00. The minimum absolute atomic E-state index is 0.157. The number of hydrogen-bond acceptors (Lipinski definition) is 6. The highest BCUT2D eigenvalue weighted by Crippen LogP contribution is 2.38. The highest BCUT2D eigenvalue weighted by Gasteiger charge is 2.34. The van der Waals surface area contributed by atoms with E-state index in [9.17, 15) is 14.7 Å². The summed E-state index contributed by atoms with van der Waals surface area (Å²) in [7, 11) is 1.55. The number of ether oxygens (including phenoxy) is 2. The molecule has 1 amide bonds. The summed E-state index contributed by atoms with van der Waals surface area (Å²) >= 11 is 1.33. The molecular formula is C35H32N2O5S. The van der Waals surface area contributed by atoms with Crippen LogP contribution in [-0.4, -0.2) is 29.3 Å². The first kappa shape index (κ1) is 29.7. The van der Waals surface area contributed by atoms with E-state index in [4.69, 9.17) is 14.5 Å². The molecule has 4 aromatic carbocycles. The van der Waals surface area contributed by atoms with Gasteiger partial charge in [0.15, 0.2) is 16.7 Å². The summed E-state index contributed by atoms with van der Waals surface area (Å²) in [5, 5.41) is 9.84. The van der Waals surface area contributed by atoms with E-state index in [1.807, 2.05) is 54.6 Å². The molecule has 0 spiro atoms. The quantitative estimate of drug-likeness (QED) is 0.188. The monoisotopic (exact) mass is 592 g/mol. The molecule has 0 aliphatic carbocycles. The molecule has 8 heteroatoms. The Kier molecular flexibility index (Phi) is 9.27. The second-order valence-corrected chi connectivity index (χ2v) is 10.9. The third-order valence-electron chi connectivity index (χ3n) is 7.03. The number of amidine groups is 1. The van der Waals surface area contributed by atoms with Gasteiger partial charge in [0.05, 0.1) is 29.0 Å². The van der Waals surface area contributed by atoms with Crippen molar-refractivity contribution in [1.29, 1.82) is 0 Å². The van der Waals surface area contributed by atoms with Crippen molar-refractivity contribution >= 4 is 46.3 Å². The number of carboxylic acids is 1. The molecular weight excluding hydrogens is 560 g/mol. The first-order valence-electron chi connectivity index (χ1n) is 14.0. The van der Waals surface area contributed by atoms with Gasteiger partial charge in [-0.3, -0.25) is 9.69 Å². The van der Waals surface area contributed by atoms with Crippen molar-refractivity contribution in [3.8, 4) is 11.5 Å². The molecule has 0 saturated carbocycles. The largest absolute Gasteiger partial charge is 0.493 e. The van der Waals surface area contributed by atoms with Gasteiger partial charge in [0, 0.05) is 0 Å².